The van der Waals surface area contributed by atoms with Crippen LogP contribution in [0.4, 0.5) is 18.9 Å². The van der Waals surface area contributed by atoms with Crippen LogP contribution in [0.1, 0.15) is 39.3 Å². The number of aromatic nitrogens is 1. The topological polar surface area (TPSA) is 39.7 Å². The molecule has 0 bridgehead atoms. The first-order chi connectivity index (χ1) is 13.2. The molecule has 1 amide bonds. The van der Waals surface area contributed by atoms with Gasteiger partial charge in [-0.25, -0.2) is 4.98 Å². The maximum atomic E-state index is 12.9. The van der Waals surface area contributed by atoms with E-state index in [1.165, 1.54) is 12.3 Å². The second-order valence-corrected chi connectivity index (χ2v) is 8.13. The highest BCUT2D eigenvalue weighted by Crippen LogP contribution is 2.30. The lowest BCUT2D eigenvalue weighted by Crippen LogP contribution is -2.57. The van der Waals surface area contributed by atoms with Gasteiger partial charge in [-0.05, 0) is 45.7 Å². The van der Waals surface area contributed by atoms with E-state index in [9.17, 15) is 18.0 Å². The van der Waals surface area contributed by atoms with Gasteiger partial charge in [0.1, 0.15) is 5.69 Å². The van der Waals surface area contributed by atoms with Crippen molar-refractivity contribution in [1.29, 1.82) is 0 Å². The van der Waals surface area contributed by atoms with Crippen LogP contribution in [0.25, 0.3) is 0 Å². The quantitative estimate of drug-likeness (QED) is 0.784. The van der Waals surface area contributed by atoms with E-state index in [1.807, 2.05) is 9.80 Å². The van der Waals surface area contributed by atoms with Crippen LogP contribution in [0, 0.1) is 5.92 Å². The Morgan fingerprint density at radius 2 is 1.82 bits per heavy atom. The van der Waals surface area contributed by atoms with E-state index in [4.69, 9.17) is 0 Å². The maximum absolute atomic E-state index is 12.9. The Labute approximate surface area is 164 Å². The number of halogens is 3. The molecule has 1 atom stereocenters. The molecule has 1 aromatic heterocycles. The van der Waals surface area contributed by atoms with E-state index >= 15 is 0 Å². The molecule has 5 nitrogen and oxygen atoms in total. The van der Waals surface area contributed by atoms with Crippen molar-refractivity contribution < 1.29 is 18.0 Å². The van der Waals surface area contributed by atoms with Crippen molar-refractivity contribution in [2.45, 2.75) is 51.9 Å². The summed E-state index contributed by atoms with van der Waals surface area (Å²) in [6.45, 7) is 10.3. The van der Waals surface area contributed by atoms with Gasteiger partial charge in [-0.15, -0.1) is 0 Å². The monoisotopic (exact) mass is 398 g/mol. The number of hydrogen-bond acceptors (Lipinski definition) is 4. The fraction of sp³-hybridized carbons (Fsp3) is 0.700. The van der Waals surface area contributed by atoms with Gasteiger partial charge < -0.3 is 9.80 Å². The van der Waals surface area contributed by atoms with Crippen molar-refractivity contribution in [3.8, 4) is 0 Å². The van der Waals surface area contributed by atoms with Crippen molar-refractivity contribution in [3.63, 3.8) is 0 Å². The zero-order chi connectivity index (χ0) is 20.5. The molecule has 0 spiro atoms. The highest BCUT2D eigenvalue weighted by Gasteiger charge is 2.34. The van der Waals surface area contributed by atoms with Crippen LogP contribution in [0.2, 0.25) is 0 Å². The zero-order valence-electron chi connectivity index (χ0n) is 16.7. The largest absolute Gasteiger partial charge is 0.433 e. The van der Waals surface area contributed by atoms with Gasteiger partial charge in [0.05, 0.1) is 11.9 Å². The number of alkyl halides is 3. The molecule has 2 fully saturated rings. The van der Waals surface area contributed by atoms with Gasteiger partial charge >= 0.3 is 6.18 Å². The fourth-order valence-electron chi connectivity index (χ4n) is 4.32. The average Bonchev–Trinajstić information content (AvgIpc) is 2.66. The first kappa shape index (κ1) is 20.9. The molecule has 0 aromatic carbocycles. The van der Waals surface area contributed by atoms with Gasteiger partial charge in [-0.1, -0.05) is 0 Å². The van der Waals surface area contributed by atoms with E-state index in [1.54, 1.807) is 0 Å². The normalized spacial score (nSPS) is 22.8. The summed E-state index contributed by atoms with van der Waals surface area (Å²) in [7, 11) is 0. The molecule has 3 heterocycles. The molecule has 0 saturated carbocycles. The molecule has 0 unspecified atom stereocenters. The molecule has 3 rings (SSSR count). The second-order valence-electron chi connectivity index (χ2n) is 8.13. The average molecular weight is 398 g/mol. The Bertz CT molecular complexity index is 669. The minimum Gasteiger partial charge on any atom is -0.370 e. The van der Waals surface area contributed by atoms with E-state index in [0.29, 0.717) is 30.9 Å². The first-order valence-corrected chi connectivity index (χ1v) is 9.99. The molecule has 2 aliphatic heterocycles. The molecule has 0 aliphatic carbocycles. The summed E-state index contributed by atoms with van der Waals surface area (Å²) >= 11 is 0. The number of pyridine rings is 1. The standard InChI is InChI=1S/C20H29F3N4O/c1-14(2)27-11-10-26(13-15(27)3)19(28)16-6-8-25(9-7-16)17-4-5-18(24-12-17)20(21,22)23/h4-5,12,14-16H,6-11,13H2,1-3H3/t15-/m0/s1. The van der Waals surface area contributed by atoms with Gasteiger partial charge in [-0.3, -0.25) is 9.69 Å². The summed E-state index contributed by atoms with van der Waals surface area (Å²) < 4.78 is 38.0. The van der Waals surface area contributed by atoms with Gasteiger partial charge in [0.2, 0.25) is 5.91 Å². The Morgan fingerprint density at radius 1 is 1.14 bits per heavy atom. The molecule has 8 heteroatoms. The lowest BCUT2D eigenvalue weighted by Gasteiger charge is -2.43. The number of rotatable bonds is 3. The lowest BCUT2D eigenvalue weighted by molar-refractivity contribution is -0.141. The molecule has 0 N–H and O–H groups in total. The molecular weight excluding hydrogens is 369 g/mol. The number of anilines is 1. The van der Waals surface area contributed by atoms with Gasteiger partial charge in [0.15, 0.2) is 0 Å². The molecule has 28 heavy (non-hydrogen) atoms. The molecule has 156 valence electrons. The summed E-state index contributed by atoms with van der Waals surface area (Å²) in [6.07, 6.45) is -1.70. The highest BCUT2D eigenvalue weighted by atomic mass is 19.4. The summed E-state index contributed by atoms with van der Waals surface area (Å²) in [5, 5.41) is 0. The van der Waals surface area contributed by atoms with Crippen molar-refractivity contribution in [1.82, 2.24) is 14.8 Å². The number of nitrogens with zero attached hydrogens (tertiary/aromatic N) is 4. The molecule has 0 radical (unpaired) electrons. The lowest BCUT2D eigenvalue weighted by atomic mass is 9.94. The minimum atomic E-state index is -4.42. The minimum absolute atomic E-state index is 0.00328. The van der Waals surface area contributed by atoms with Crippen molar-refractivity contribution >= 4 is 11.6 Å². The van der Waals surface area contributed by atoms with Gasteiger partial charge in [-0.2, -0.15) is 13.2 Å². The van der Waals surface area contributed by atoms with E-state index in [2.05, 4.69) is 30.7 Å². The predicted octanol–water partition coefficient (Wildman–Crippen LogP) is 3.26. The van der Waals surface area contributed by atoms with Crippen LogP contribution in [-0.2, 0) is 11.0 Å². The summed E-state index contributed by atoms with van der Waals surface area (Å²) in [6, 6.07) is 3.32. The molecule has 1 aromatic rings. The number of hydrogen-bond donors (Lipinski definition) is 0. The third-order valence-electron chi connectivity index (χ3n) is 5.90. The van der Waals surface area contributed by atoms with Crippen LogP contribution in [0.5, 0.6) is 0 Å². The van der Waals surface area contributed by atoms with Crippen LogP contribution in [0.3, 0.4) is 0 Å². The van der Waals surface area contributed by atoms with Crippen LogP contribution in [-0.4, -0.2) is 65.5 Å². The van der Waals surface area contributed by atoms with Crippen LogP contribution in [0.15, 0.2) is 18.3 Å². The van der Waals surface area contributed by atoms with E-state index in [-0.39, 0.29) is 11.8 Å². The highest BCUT2D eigenvalue weighted by molar-refractivity contribution is 5.79. The van der Waals surface area contributed by atoms with Crippen molar-refractivity contribution in [3.05, 3.63) is 24.0 Å². The third-order valence-corrected chi connectivity index (χ3v) is 5.90. The number of piperidine rings is 1. The van der Waals surface area contributed by atoms with E-state index in [0.717, 1.165) is 38.5 Å². The van der Waals surface area contributed by atoms with Crippen LogP contribution < -0.4 is 4.90 Å². The Morgan fingerprint density at radius 3 is 2.32 bits per heavy atom. The number of carbonyl (C=O) groups is 1. The third kappa shape index (κ3) is 4.59. The number of piperazine rings is 1. The fourth-order valence-corrected chi connectivity index (χ4v) is 4.32. The number of amides is 1. The van der Waals surface area contributed by atoms with Crippen molar-refractivity contribution in [2.75, 3.05) is 37.6 Å². The maximum Gasteiger partial charge on any atom is 0.433 e. The van der Waals surface area contributed by atoms with Gasteiger partial charge in [0.25, 0.3) is 0 Å². The predicted molar refractivity (Wildman–Crippen MR) is 102 cm³/mol. The molecular formula is C20H29F3N4O. The summed E-state index contributed by atoms with van der Waals surface area (Å²) in [4.78, 5) is 22.9. The summed E-state index contributed by atoms with van der Waals surface area (Å²) in [5.41, 5.74) is -0.200. The van der Waals surface area contributed by atoms with Crippen molar-refractivity contribution in [2.24, 2.45) is 5.92 Å². The first-order valence-electron chi connectivity index (χ1n) is 9.99. The molecule has 2 saturated heterocycles. The SMILES string of the molecule is CC(C)N1CCN(C(=O)C2CCN(c3ccc(C(F)(F)F)nc3)CC2)C[C@@H]1C. The zero-order valence-corrected chi connectivity index (χ0v) is 16.7. The Kier molecular flexibility index (Phi) is 6.17. The Balaban J connectivity index is 1.53. The van der Waals surface area contributed by atoms with E-state index < -0.39 is 11.9 Å². The second kappa shape index (κ2) is 8.27. The smallest absolute Gasteiger partial charge is 0.370 e. The Hall–Kier alpha value is -1.83. The van der Waals surface area contributed by atoms with Crippen LogP contribution >= 0.6 is 0 Å². The summed E-state index contributed by atoms with van der Waals surface area (Å²) in [5.74, 6) is 0.219. The number of carbonyl (C=O) groups excluding carboxylic acids is 1. The molecule has 2 aliphatic rings. The van der Waals surface area contributed by atoms with Gasteiger partial charge in [0, 0.05) is 50.7 Å².